The SMILES string of the molecule is CC(C)=CCC/C(C)=C/CC(/C=C(\C)CCC=C(C)C)CC(=O)N1CCNCC1C. The lowest BCUT2D eigenvalue weighted by Gasteiger charge is -2.34. The third-order valence-electron chi connectivity index (χ3n) is 5.73. The molecule has 0 spiro atoms. The van der Waals surface area contributed by atoms with Crippen molar-refractivity contribution >= 4 is 5.91 Å². The van der Waals surface area contributed by atoms with Crippen LogP contribution in [0.2, 0.25) is 0 Å². The smallest absolute Gasteiger partial charge is 0.223 e. The first kappa shape index (κ1) is 26.4. The van der Waals surface area contributed by atoms with Crippen molar-refractivity contribution in [2.75, 3.05) is 19.6 Å². The van der Waals surface area contributed by atoms with Crippen LogP contribution < -0.4 is 5.32 Å². The number of nitrogens with zero attached hydrogens (tertiary/aromatic N) is 1. The number of nitrogens with one attached hydrogen (secondary N) is 1. The second-order valence-corrected chi connectivity index (χ2v) is 9.54. The minimum atomic E-state index is 0.282. The van der Waals surface area contributed by atoms with Crippen LogP contribution in [-0.4, -0.2) is 36.5 Å². The first-order valence-corrected chi connectivity index (χ1v) is 11.8. The van der Waals surface area contributed by atoms with Gasteiger partial charge in [-0.25, -0.2) is 0 Å². The van der Waals surface area contributed by atoms with E-state index in [2.05, 4.69) is 83.0 Å². The molecule has 1 aliphatic rings. The van der Waals surface area contributed by atoms with E-state index in [0.717, 1.165) is 51.7 Å². The molecule has 1 N–H and O–H groups in total. The molecule has 0 saturated carbocycles. The fourth-order valence-corrected chi connectivity index (χ4v) is 3.88. The normalized spacial score (nSPS) is 18.8. The van der Waals surface area contributed by atoms with Crippen molar-refractivity contribution in [2.45, 2.75) is 93.0 Å². The molecule has 1 fully saturated rings. The Bertz CT molecular complexity index is 646. The van der Waals surface area contributed by atoms with Gasteiger partial charge in [0.15, 0.2) is 0 Å². The molecule has 1 heterocycles. The van der Waals surface area contributed by atoms with Crippen molar-refractivity contribution in [3.63, 3.8) is 0 Å². The zero-order valence-corrected chi connectivity index (χ0v) is 20.7. The molecule has 0 aromatic rings. The number of carbonyl (C=O) groups excluding carboxylic acids is 1. The number of hydrogen-bond donors (Lipinski definition) is 1. The number of rotatable bonds is 11. The van der Waals surface area contributed by atoms with Crippen LogP contribution in [-0.2, 0) is 4.79 Å². The molecule has 2 atom stereocenters. The maximum Gasteiger partial charge on any atom is 0.223 e. The molecule has 0 bridgehead atoms. The molecule has 0 aromatic carbocycles. The Kier molecular flexibility index (Phi) is 12.7. The Morgan fingerprint density at radius 2 is 1.57 bits per heavy atom. The van der Waals surface area contributed by atoms with Gasteiger partial charge in [0.1, 0.15) is 0 Å². The second-order valence-electron chi connectivity index (χ2n) is 9.54. The summed E-state index contributed by atoms with van der Waals surface area (Å²) in [5, 5.41) is 3.38. The highest BCUT2D eigenvalue weighted by Gasteiger charge is 2.24. The summed E-state index contributed by atoms with van der Waals surface area (Å²) < 4.78 is 0. The maximum atomic E-state index is 13.0. The molecule has 1 aliphatic heterocycles. The van der Waals surface area contributed by atoms with E-state index in [1.54, 1.807) is 0 Å². The molecule has 1 amide bonds. The topological polar surface area (TPSA) is 32.3 Å². The summed E-state index contributed by atoms with van der Waals surface area (Å²) in [5.74, 6) is 0.586. The number of amides is 1. The average molecular weight is 415 g/mol. The Labute approximate surface area is 186 Å². The Hall–Kier alpha value is -1.61. The largest absolute Gasteiger partial charge is 0.337 e. The summed E-state index contributed by atoms with van der Waals surface area (Å²) in [6.07, 6.45) is 15.2. The van der Waals surface area contributed by atoms with Crippen LogP contribution in [0.3, 0.4) is 0 Å². The fraction of sp³-hybridized carbons (Fsp3) is 0.667. The standard InChI is InChI=1S/C27H46N2O/c1-21(2)10-8-12-23(5)14-15-26(18-24(6)13-9-11-22(3)4)19-27(30)29-17-16-28-20-25(29)7/h10-11,14,18,25-26,28H,8-9,12-13,15-17,19-20H2,1-7H3/b23-14+,24-18+. The monoisotopic (exact) mass is 414 g/mol. The van der Waals surface area contributed by atoms with Crippen LogP contribution in [0, 0.1) is 5.92 Å². The van der Waals surface area contributed by atoms with Gasteiger partial charge in [0, 0.05) is 32.1 Å². The van der Waals surface area contributed by atoms with Gasteiger partial charge in [-0.2, -0.15) is 0 Å². The molecule has 0 aliphatic carbocycles. The summed E-state index contributed by atoms with van der Waals surface area (Å²) in [5.41, 5.74) is 5.58. The molecule has 2 unspecified atom stereocenters. The van der Waals surface area contributed by atoms with Gasteiger partial charge in [0.05, 0.1) is 0 Å². The minimum Gasteiger partial charge on any atom is -0.337 e. The van der Waals surface area contributed by atoms with Crippen molar-refractivity contribution < 1.29 is 4.79 Å². The third-order valence-corrected chi connectivity index (χ3v) is 5.73. The molecule has 3 nitrogen and oxygen atoms in total. The highest BCUT2D eigenvalue weighted by atomic mass is 16.2. The van der Waals surface area contributed by atoms with E-state index < -0.39 is 0 Å². The van der Waals surface area contributed by atoms with Gasteiger partial charge in [0.2, 0.25) is 5.91 Å². The molecule has 3 heteroatoms. The van der Waals surface area contributed by atoms with E-state index in [9.17, 15) is 4.79 Å². The first-order chi connectivity index (χ1) is 14.2. The van der Waals surface area contributed by atoms with Crippen LogP contribution in [0.25, 0.3) is 0 Å². The number of allylic oxidation sites excluding steroid dienone is 8. The van der Waals surface area contributed by atoms with E-state index in [1.165, 1.54) is 22.3 Å². The van der Waals surface area contributed by atoms with Gasteiger partial charge >= 0.3 is 0 Å². The summed E-state index contributed by atoms with van der Waals surface area (Å²) in [6, 6.07) is 0.288. The number of carbonyl (C=O) groups is 1. The van der Waals surface area contributed by atoms with Crippen molar-refractivity contribution in [1.29, 1.82) is 0 Å². The summed E-state index contributed by atoms with van der Waals surface area (Å²) in [4.78, 5) is 15.1. The molecule has 0 radical (unpaired) electrons. The van der Waals surface area contributed by atoms with Crippen molar-refractivity contribution in [3.05, 3.63) is 46.6 Å². The van der Waals surface area contributed by atoms with E-state index in [-0.39, 0.29) is 12.0 Å². The van der Waals surface area contributed by atoms with Crippen LogP contribution in [0.4, 0.5) is 0 Å². The average Bonchev–Trinajstić information content (AvgIpc) is 2.65. The quantitative estimate of drug-likeness (QED) is 0.387. The van der Waals surface area contributed by atoms with Gasteiger partial charge in [-0.3, -0.25) is 4.79 Å². The van der Waals surface area contributed by atoms with Crippen molar-refractivity contribution in [3.8, 4) is 0 Å². The molecular formula is C27H46N2O. The highest BCUT2D eigenvalue weighted by molar-refractivity contribution is 5.77. The van der Waals surface area contributed by atoms with E-state index >= 15 is 0 Å². The van der Waals surface area contributed by atoms with Gasteiger partial charge in [-0.05, 0) is 86.5 Å². The number of piperazine rings is 1. The molecule has 170 valence electrons. The molecule has 1 saturated heterocycles. The van der Waals surface area contributed by atoms with Gasteiger partial charge in [-0.1, -0.05) is 46.6 Å². The predicted molar refractivity (Wildman–Crippen MR) is 132 cm³/mol. The summed E-state index contributed by atoms with van der Waals surface area (Å²) in [7, 11) is 0. The van der Waals surface area contributed by atoms with Crippen LogP contribution in [0.1, 0.15) is 87.0 Å². The Balaban J connectivity index is 2.80. The van der Waals surface area contributed by atoms with E-state index in [4.69, 9.17) is 0 Å². The highest BCUT2D eigenvalue weighted by Crippen LogP contribution is 2.21. The van der Waals surface area contributed by atoms with Crippen molar-refractivity contribution in [2.24, 2.45) is 5.92 Å². The minimum absolute atomic E-state index is 0.282. The van der Waals surface area contributed by atoms with Crippen LogP contribution in [0.15, 0.2) is 46.6 Å². The van der Waals surface area contributed by atoms with Crippen LogP contribution in [0.5, 0.6) is 0 Å². The first-order valence-electron chi connectivity index (χ1n) is 11.8. The lowest BCUT2D eigenvalue weighted by atomic mass is 9.94. The summed E-state index contributed by atoms with van der Waals surface area (Å²) >= 11 is 0. The lowest BCUT2D eigenvalue weighted by Crippen LogP contribution is -2.52. The van der Waals surface area contributed by atoms with Gasteiger partial charge in [0.25, 0.3) is 0 Å². The molecule has 1 rings (SSSR count). The lowest BCUT2D eigenvalue weighted by molar-refractivity contribution is -0.134. The molecule has 0 aromatic heterocycles. The maximum absolute atomic E-state index is 13.0. The zero-order chi connectivity index (χ0) is 22.5. The van der Waals surface area contributed by atoms with E-state index in [1.807, 2.05) is 0 Å². The Morgan fingerprint density at radius 3 is 2.13 bits per heavy atom. The Morgan fingerprint density at radius 1 is 0.967 bits per heavy atom. The second kappa shape index (κ2) is 14.4. The van der Waals surface area contributed by atoms with Crippen molar-refractivity contribution in [1.82, 2.24) is 10.2 Å². The fourth-order valence-electron chi connectivity index (χ4n) is 3.88. The molecular weight excluding hydrogens is 368 g/mol. The zero-order valence-electron chi connectivity index (χ0n) is 20.7. The van der Waals surface area contributed by atoms with Gasteiger partial charge < -0.3 is 10.2 Å². The molecule has 30 heavy (non-hydrogen) atoms. The third kappa shape index (κ3) is 11.5. The van der Waals surface area contributed by atoms with E-state index in [0.29, 0.717) is 12.3 Å². The predicted octanol–water partition coefficient (Wildman–Crippen LogP) is 6.59. The van der Waals surface area contributed by atoms with Crippen LogP contribution >= 0.6 is 0 Å². The number of hydrogen-bond acceptors (Lipinski definition) is 2. The summed E-state index contributed by atoms with van der Waals surface area (Å²) in [6.45, 7) is 17.8. The van der Waals surface area contributed by atoms with Gasteiger partial charge in [-0.15, -0.1) is 0 Å².